The molecule has 0 radical (unpaired) electrons. The van der Waals surface area contributed by atoms with Crippen LogP contribution >= 0.6 is 0 Å². The largest absolute Gasteiger partial charge is 0.356 e. The molecule has 1 aliphatic heterocycles. The van der Waals surface area contributed by atoms with Gasteiger partial charge in [0.15, 0.2) is 0 Å². The molecule has 2 N–H and O–H groups in total. The number of carbonyl (C=O) groups is 1. The van der Waals surface area contributed by atoms with Crippen molar-refractivity contribution in [2.45, 2.75) is 19.8 Å². The number of aryl methyl sites for hydroxylation is 1. The molecule has 3 aromatic rings. The summed E-state index contributed by atoms with van der Waals surface area (Å²) < 4.78 is 26.9. The fourth-order valence-corrected chi connectivity index (χ4v) is 3.47. The van der Waals surface area contributed by atoms with Crippen molar-refractivity contribution in [2.75, 3.05) is 28.6 Å². The lowest BCUT2D eigenvalue weighted by molar-refractivity contribution is -0.111. The number of hydrogen-bond donors (Lipinski definition) is 2. The SMILES string of the molecule is Cc1cc(N2CCCC2)nc(Nc2ccc(NC(=O)/C=C/c3cc(F)ccc3F)cc2)n1. The van der Waals surface area contributed by atoms with Crippen molar-refractivity contribution in [3.63, 3.8) is 0 Å². The number of carbonyl (C=O) groups excluding carboxylic acids is 1. The van der Waals surface area contributed by atoms with Crippen LogP contribution in [0.2, 0.25) is 0 Å². The second kappa shape index (κ2) is 9.55. The van der Waals surface area contributed by atoms with Gasteiger partial charge in [-0.15, -0.1) is 0 Å². The van der Waals surface area contributed by atoms with E-state index in [1.807, 2.05) is 13.0 Å². The summed E-state index contributed by atoms with van der Waals surface area (Å²) in [4.78, 5) is 23.4. The Morgan fingerprint density at radius 2 is 1.72 bits per heavy atom. The van der Waals surface area contributed by atoms with Gasteiger partial charge in [0.25, 0.3) is 0 Å². The molecule has 0 spiro atoms. The Hall–Kier alpha value is -3.81. The summed E-state index contributed by atoms with van der Waals surface area (Å²) in [5, 5.41) is 5.88. The highest BCUT2D eigenvalue weighted by atomic mass is 19.1. The van der Waals surface area contributed by atoms with E-state index in [0.717, 1.165) is 54.6 Å². The summed E-state index contributed by atoms with van der Waals surface area (Å²) >= 11 is 0. The van der Waals surface area contributed by atoms with Gasteiger partial charge >= 0.3 is 0 Å². The molecule has 0 atom stereocenters. The van der Waals surface area contributed by atoms with Crippen molar-refractivity contribution >= 4 is 35.1 Å². The van der Waals surface area contributed by atoms with Gasteiger partial charge in [-0.25, -0.2) is 13.8 Å². The Morgan fingerprint density at radius 3 is 2.47 bits per heavy atom. The van der Waals surface area contributed by atoms with Crippen LogP contribution in [0.4, 0.5) is 31.9 Å². The average molecular weight is 435 g/mol. The summed E-state index contributed by atoms with van der Waals surface area (Å²) in [6.45, 7) is 3.95. The van der Waals surface area contributed by atoms with Gasteiger partial charge in [-0.05, 0) is 68.3 Å². The summed E-state index contributed by atoms with van der Waals surface area (Å²) in [5.41, 5.74) is 2.23. The zero-order chi connectivity index (χ0) is 22.5. The van der Waals surface area contributed by atoms with Gasteiger partial charge in [-0.2, -0.15) is 4.98 Å². The summed E-state index contributed by atoms with van der Waals surface area (Å²) in [6, 6.07) is 12.1. The van der Waals surface area contributed by atoms with E-state index in [9.17, 15) is 13.6 Å². The maximum absolute atomic E-state index is 13.6. The standard InChI is InChI=1S/C24H23F2N5O/c1-16-14-22(31-12-2-3-13-31)30-24(27-16)29-20-8-6-19(7-9-20)28-23(32)11-4-17-15-18(25)5-10-21(17)26/h4-11,14-15H,2-3,12-13H2,1H3,(H,28,32)(H,27,29,30)/b11-4+. The Balaban J connectivity index is 1.38. The zero-order valence-corrected chi connectivity index (χ0v) is 17.6. The molecule has 32 heavy (non-hydrogen) atoms. The van der Waals surface area contributed by atoms with Gasteiger partial charge in [-0.1, -0.05) is 0 Å². The number of aromatic nitrogens is 2. The first-order chi connectivity index (χ1) is 15.5. The monoisotopic (exact) mass is 435 g/mol. The van der Waals surface area contributed by atoms with Crippen LogP contribution in [0.5, 0.6) is 0 Å². The average Bonchev–Trinajstić information content (AvgIpc) is 3.30. The minimum Gasteiger partial charge on any atom is -0.356 e. The van der Waals surface area contributed by atoms with Crippen LogP contribution < -0.4 is 15.5 Å². The molecular formula is C24H23F2N5O. The molecule has 1 aliphatic rings. The maximum atomic E-state index is 13.6. The molecule has 1 amide bonds. The second-order valence-electron chi connectivity index (χ2n) is 7.58. The second-order valence-corrected chi connectivity index (χ2v) is 7.58. The van der Waals surface area contributed by atoms with Crippen molar-refractivity contribution < 1.29 is 13.6 Å². The molecule has 0 saturated carbocycles. The zero-order valence-electron chi connectivity index (χ0n) is 17.6. The third-order valence-electron chi connectivity index (χ3n) is 5.05. The molecule has 4 rings (SSSR count). The number of amides is 1. The summed E-state index contributed by atoms with van der Waals surface area (Å²) in [7, 11) is 0. The first-order valence-corrected chi connectivity index (χ1v) is 10.4. The van der Waals surface area contributed by atoms with Crippen LogP contribution in [0.1, 0.15) is 24.1 Å². The van der Waals surface area contributed by atoms with Crippen LogP contribution in [-0.4, -0.2) is 29.0 Å². The maximum Gasteiger partial charge on any atom is 0.248 e. The third-order valence-corrected chi connectivity index (χ3v) is 5.05. The van der Waals surface area contributed by atoms with Crippen LogP contribution in [0.3, 0.4) is 0 Å². The molecule has 164 valence electrons. The topological polar surface area (TPSA) is 70.2 Å². The molecule has 1 saturated heterocycles. The summed E-state index contributed by atoms with van der Waals surface area (Å²) in [6.07, 6.45) is 4.73. The minimum absolute atomic E-state index is 0.00570. The van der Waals surface area contributed by atoms with Gasteiger partial charge in [0, 0.05) is 47.9 Å². The molecule has 2 heterocycles. The molecule has 1 fully saturated rings. The van der Waals surface area contributed by atoms with Gasteiger partial charge < -0.3 is 15.5 Å². The minimum atomic E-state index is -0.600. The van der Waals surface area contributed by atoms with E-state index in [1.54, 1.807) is 24.3 Å². The van der Waals surface area contributed by atoms with Crippen molar-refractivity contribution in [2.24, 2.45) is 0 Å². The van der Waals surface area contributed by atoms with E-state index in [-0.39, 0.29) is 5.56 Å². The number of anilines is 4. The predicted molar refractivity (Wildman–Crippen MR) is 122 cm³/mol. The highest BCUT2D eigenvalue weighted by Gasteiger charge is 2.15. The highest BCUT2D eigenvalue weighted by molar-refractivity contribution is 6.02. The molecule has 6 nitrogen and oxygen atoms in total. The Labute approximate surface area is 185 Å². The summed E-state index contributed by atoms with van der Waals surface area (Å²) in [5.74, 6) is -0.185. The van der Waals surface area contributed by atoms with Crippen molar-refractivity contribution in [1.29, 1.82) is 0 Å². The molecule has 0 unspecified atom stereocenters. The van der Waals surface area contributed by atoms with Gasteiger partial charge in [-0.3, -0.25) is 4.79 Å². The van der Waals surface area contributed by atoms with Crippen molar-refractivity contribution in [3.8, 4) is 0 Å². The smallest absolute Gasteiger partial charge is 0.248 e. The Kier molecular flexibility index (Phi) is 6.39. The highest BCUT2D eigenvalue weighted by Crippen LogP contribution is 2.22. The van der Waals surface area contributed by atoms with Gasteiger partial charge in [0.2, 0.25) is 11.9 Å². The molecule has 8 heteroatoms. The first kappa shape index (κ1) is 21.4. The lowest BCUT2D eigenvalue weighted by Gasteiger charge is -2.17. The Morgan fingerprint density at radius 1 is 1.00 bits per heavy atom. The van der Waals surface area contributed by atoms with Crippen LogP contribution in [0.15, 0.2) is 54.6 Å². The number of rotatable bonds is 6. The lowest BCUT2D eigenvalue weighted by Crippen LogP contribution is -2.19. The number of benzene rings is 2. The van der Waals surface area contributed by atoms with Gasteiger partial charge in [0.1, 0.15) is 17.5 Å². The predicted octanol–water partition coefficient (Wildman–Crippen LogP) is 5.06. The van der Waals surface area contributed by atoms with E-state index in [2.05, 4.69) is 25.5 Å². The molecule has 2 aromatic carbocycles. The van der Waals surface area contributed by atoms with Crippen molar-refractivity contribution in [1.82, 2.24) is 9.97 Å². The van der Waals surface area contributed by atoms with E-state index in [1.165, 1.54) is 18.9 Å². The molecule has 0 aliphatic carbocycles. The van der Waals surface area contributed by atoms with Crippen LogP contribution in [0.25, 0.3) is 6.08 Å². The Bertz CT molecular complexity index is 1140. The number of nitrogens with one attached hydrogen (secondary N) is 2. The number of halogens is 2. The van der Waals surface area contributed by atoms with E-state index in [4.69, 9.17) is 0 Å². The van der Waals surface area contributed by atoms with E-state index < -0.39 is 17.5 Å². The fourth-order valence-electron chi connectivity index (χ4n) is 3.47. The van der Waals surface area contributed by atoms with Crippen molar-refractivity contribution in [3.05, 3.63) is 77.5 Å². The first-order valence-electron chi connectivity index (χ1n) is 10.4. The normalized spacial score (nSPS) is 13.5. The van der Waals surface area contributed by atoms with Crippen LogP contribution in [-0.2, 0) is 4.79 Å². The molecule has 1 aromatic heterocycles. The van der Waals surface area contributed by atoms with Gasteiger partial charge in [0.05, 0.1) is 0 Å². The fraction of sp³-hybridized carbons (Fsp3) is 0.208. The van der Waals surface area contributed by atoms with E-state index >= 15 is 0 Å². The lowest BCUT2D eigenvalue weighted by atomic mass is 10.2. The molecule has 0 bridgehead atoms. The van der Waals surface area contributed by atoms with Crippen LogP contribution in [0, 0.1) is 18.6 Å². The number of hydrogen-bond acceptors (Lipinski definition) is 5. The van der Waals surface area contributed by atoms with E-state index in [0.29, 0.717) is 11.6 Å². The quantitative estimate of drug-likeness (QED) is 0.530. The molecular weight excluding hydrogens is 412 g/mol. The number of nitrogens with zero attached hydrogens (tertiary/aromatic N) is 3. The third kappa shape index (κ3) is 5.46.